The Balaban J connectivity index is 1.98. The molecule has 2 aromatic heterocycles. The molecular formula is C14H9FS2. The standard InChI is InChI=1S/C14H9FS2/c15-11-5-3-10(4-6-11)12-7-8-14(17-12)13-2-1-9-16-13/h1-9H. The van der Waals surface area contributed by atoms with Crippen LogP contribution in [-0.2, 0) is 0 Å². The Bertz CT molecular complexity index is 606. The van der Waals surface area contributed by atoms with Gasteiger partial charge < -0.3 is 0 Å². The van der Waals surface area contributed by atoms with E-state index in [-0.39, 0.29) is 5.82 Å². The highest BCUT2D eigenvalue weighted by Gasteiger charge is 2.05. The summed E-state index contributed by atoms with van der Waals surface area (Å²) in [7, 11) is 0. The van der Waals surface area contributed by atoms with E-state index in [0.717, 1.165) is 5.56 Å². The van der Waals surface area contributed by atoms with E-state index in [0.29, 0.717) is 0 Å². The van der Waals surface area contributed by atoms with Crippen LogP contribution in [0.3, 0.4) is 0 Å². The Morgan fingerprint density at radius 1 is 0.765 bits per heavy atom. The van der Waals surface area contributed by atoms with Gasteiger partial charge in [0.25, 0.3) is 0 Å². The topological polar surface area (TPSA) is 0 Å². The molecule has 84 valence electrons. The van der Waals surface area contributed by atoms with Crippen molar-refractivity contribution in [2.75, 3.05) is 0 Å². The number of benzene rings is 1. The van der Waals surface area contributed by atoms with Crippen molar-refractivity contribution in [1.29, 1.82) is 0 Å². The minimum Gasteiger partial charge on any atom is -0.207 e. The molecule has 0 fully saturated rings. The minimum atomic E-state index is -0.191. The van der Waals surface area contributed by atoms with Crippen LogP contribution in [0.25, 0.3) is 20.2 Å². The molecule has 0 saturated carbocycles. The molecule has 0 nitrogen and oxygen atoms in total. The van der Waals surface area contributed by atoms with Crippen molar-refractivity contribution in [3.63, 3.8) is 0 Å². The monoisotopic (exact) mass is 260 g/mol. The zero-order valence-electron chi connectivity index (χ0n) is 8.89. The number of hydrogen-bond donors (Lipinski definition) is 0. The van der Waals surface area contributed by atoms with Gasteiger partial charge in [0.05, 0.1) is 0 Å². The van der Waals surface area contributed by atoms with Crippen LogP contribution in [0.1, 0.15) is 0 Å². The molecule has 0 radical (unpaired) electrons. The lowest BCUT2D eigenvalue weighted by Crippen LogP contribution is -1.73. The van der Waals surface area contributed by atoms with Crippen LogP contribution in [0.2, 0.25) is 0 Å². The Morgan fingerprint density at radius 3 is 2.24 bits per heavy atom. The van der Waals surface area contributed by atoms with Crippen molar-refractivity contribution in [1.82, 2.24) is 0 Å². The molecule has 0 N–H and O–H groups in total. The average molecular weight is 260 g/mol. The lowest BCUT2D eigenvalue weighted by Gasteiger charge is -1.96. The molecule has 1 aromatic carbocycles. The molecule has 0 bridgehead atoms. The van der Waals surface area contributed by atoms with E-state index in [9.17, 15) is 4.39 Å². The molecule has 2 heterocycles. The maximum atomic E-state index is 12.8. The molecule has 0 saturated heterocycles. The summed E-state index contributed by atoms with van der Waals surface area (Å²) >= 11 is 3.47. The lowest BCUT2D eigenvalue weighted by molar-refractivity contribution is 0.628. The molecule has 0 aliphatic rings. The second kappa shape index (κ2) is 4.43. The Morgan fingerprint density at radius 2 is 1.53 bits per heavy atom. The highest BCUT2D eigenvalue weighted by Crippen LogP contribution is 2.36. The van der Waals surface area contributed by atoms with Crippen LogP contribution in [0.15, 0.2) is 53.9 Å². The molecule has 0 aliphatic heterocycles. The summed E-state index contributed by atoms with van der Waals surface area (Å²) in [5, 5.41) is 2.08. The maximum absolute atomic E-state index is 12.8. The van der Waals surface area contributed by atoms with E-state index < -0.39 is 0 Å². The highest BCUT2D eigenvalue weighted by atomic mass is 32.1. The fraction of sp³-hybridized carbons (Fsp3) is 0. The molecule has 17 heavy (non-hydrogen) atoms. The van der Waals surface area contributed by atoms with E-state index in [4.69, 9.17) is 0 Å². The van der Waals surface area contributed by atoms with E-state index in [1.807, 2.05) is 12.1 Å². The maximum Gasteiger partial charge on any atom is 0.123 e. The van der Waals surface area contributed by atoms with Gasteiger partial charge in [-0.3, -0.25) is 0 Å². The molecule has 0 amide bonds. The quantitative estimate of drug-likeness (QED) is 0.588. The van der Waals surface area contributed by atoms with Crippen molar-refractivity contribution >= 4 is 22.7 Å². The summed E-state index contributed by atoms with van der Waals surface area (Å²) in [5.41, 5.74) is 1.07. The first-order valence-electron chi connectivity index (χ1n) is 5.22. The van der Waals surface area contributed by atoms with Crippen LogP contribution in [0.4, 0.5) is 4.39 Å². The lowest BCUT2D eigenvalue weighted by atomic mass is 10.2. The van der Waals surface area contributed by atoms with Gasteiger partial charge >= 0.3 is 0 Å². The van der Waals surface area contributed by atoms with Crippen LogP contribution in [-0.4, -0.2) is 0 Å². The second-order valence-electron chi connectivity index (χ2n) is 3.65. The van der Waals surface area contributed by atoms with Crippen LogP contribution in [0, 0.1) is 5.82 Å². The molecule has 0 spiro atoms. The summed E-state index contributed by atoms with van der Waals surface area (Å²) < 4.78 is 12.8. The highest BCUT2D eigenvalue weighted by molar-refractivity contribution is 7.23. The number of hydrogen-bond acceptors (Lipinski definition) is 2. The van der Waals surface area contributed by atoms with Gasteiger partial charge in [0, 0.05) is 14.6 Å². The van der Waals surface area contributed by atoms with Crippen molar-refractivity contribution in [2.24, 2.45) is 0 Å². The van der Waals surface area contributed by atoms with Crippen LogP contribution >= 0.6 is 22.7 Å². The van der Waals surface area contributed by atoms with Crippen molar-refractivity contribution in [3.05, 3.63) is 59.7 Å². The molecule has 3 heteroatoms. The number of thiophene rings is 2. The third-order valence-corrected chi connectivity index (χ3v) is 4.70. The van der Waals surface area contributed by atoms with Gasteiger partial charge in [-0.15, -0.1) is 22.7 Å². The zero-order valence-corrected chi connectivity index (χ0v) is 10.5. The normalized spacial score (nSPS) is 10.6. The molecule has 0 unspecified atom stereocenters. The van der Waals surface area contributed by atoms with Gasteiger partial charge in [-0.2, -0.15) is 0 Å². The first-order valence-corrected chi connectivity index (χ1v) is 6.92. The van der Waals surface area contributed by atoms with Gasteiger partial charge in [-0.05, 0) is 41.3 Å². The third kappa shape index (κ3) is 2.16. The predicted molar refractivity (Wildman–Crippen MR) is 73.0 cm³/mol. The van der Waals surface area contributed by atoms with Gasteiger partial charge in [0.2, 0.25) is 0 Å². The molecular weight excluding hydrogens is 251 g/mol. The second-order valence-corrected chi connectivity index (χ2v) is 5.68. The van der Waals surface area contributed by atoms with E-state index in [2.05, 4.69) is 29.6 Å². The fourth-order valence-electron chi connectivity index (χ4n) is 1.66. The predicted octanol–water partition coefficient (Wildman–Crippen LogP) is 5.28. The summed E-state index contributed by atoms with van der Waals surface area (Å²) in [5.74, 6) is -0.191. The number of halogens is 1. The van der Waals surface area contributed by atoms with Gasteiger partial charge in [0.1, 0.15) is 5.82 Å². The van der Waals surface area contributed by atoms with Gasteiger partial charge in [-0.25, -0.2) is 4.39 Å². The smallest absolute Gasteiger partial charge is 0.123 e. The Hall–Kier alpha value is -1.45. The average Bonchev–Trinajstić information content (AvgIpc) is 3.00. The van der Waals surface area contributed by atoms with Crippen molar-refractivity contribution < 1.29 is 4.39 Å². The van der Waals surface area contributed by atoms with Crippen molar-refractivity contribution in [3.8, 4) is 20.2 Å². The molecule has 0 atom stereocenters. The van der Waals surface area contributed by atoms with Crippen molar-refractivity contribution in [2.45, 2.75) is 0 Å². The third-order valence-electron chi connectivity index (χ3n) is 2.50. The van der Waals surface area contributed by atoms with E-state index in [1.54, 1.807) is 22.7 Å². The van der Waals surface area contributed by atoms with Gasteiger partial charge in [0.15, 0.2) is 0 Å². The van der Waals surface area contributed by atoms with E-state index >= 15 is 0 Å². The number of rotatable bonds is 2. The van der Waals surface area contributed by atoms with Gasteiger partial charge in [-0.1, -0.05) is 18.2 Å². The summed E-state index contributed by atoms with van der Waals surface area (Å²) in [6, 6.07) is 15.0. The summed E-state index contributed by atoms with van der Waals surface area (Å²) in [6.45, 7) is 0. The minimum absolute atomic E-state index is 0.191. The SMILES string of the molecule is Fc1ccc(-c2ccc(-c3cccs3)s2)cc1. The fourth-order valence-corrected chi connectivity index (χ4v) is 3.50. The van der Waals surface area contributed by atoms with E-state index in [1.165, 1.54) is 26.8 Å². The first kappa shape index (κ1) is 10.7. The first-order chi connectivity index (χ1) is 8.33. The summed E-state index contributed by atoms with van der Waals surface area (Å²) in [4.78, 5) is 3.72. The zero-order chi connectivity index (χ0) is 11.7. The molecule has 3 rings (SSSR count). The molecule has 3 aromatic rings. The Kier molecular flexibility index (Phi) is 2.79. The molecule has 0 aliphatic carbocycles. The largest absolute Gasteiger partial charge is 0.207 e. The Labute approximate surface area is 107 Å². The summed E-state index contributed by atoms with van der Waals surface area (Å²) in [6.07, 6.45) is 0. The van der Waals surface area contributed by atoms with Crippen LogP contribution < -0.4 is 0 Å². The van der Waals surface area contributed by atoms with Crippen LogP contribution in [0.5, 0.6) is 0 Å².